The van der Waals surface area contributed by atoms with E-state index in [4.69, 9.17) is 20.4 Å². The molecule has 0 fully saturated rings. The van der Waals surface area contributed by atoms with Crippen LogP contribution in [0.15, 0.2) is 0 Å². The minimum atomic E-state index is -1.57. The summed E-state index contributed by atoms with van der Waals surface area (Å²) in [7, 11) is 0. The Labute approximate surface area is 149 Å². The first-order valence-electron chi connectivity index (χ1n) is 4.64. The molecule has 10 nitrogen and oxygen atoms in total. The number of rotatable bonds is 9. The fourth-order valence-electron chi connectivity index (χ4n) is 0.951. The van der Waals surface area contributed by atoms with E-state index in [1.54, 1.807) is 0 Å². The van der Waals surface area contributed by atoms with Crippen molar-refractivity contribution >= 4 is 75.3 Å². The van der Waals surface area contributed by atoms with Crippen LogP contribution in [0.1, 0.15) is 12.8 Å². The summed E-state index contributed by atoms with van der Waals surface area (Å²) >= 11 is 0. The zero-order chi connectivity index (χ0) is 14.3. The first kappa shape index (κ1) is 20.7. The summed E-state index contributed by atoms with van der Waals surface area (Å²) in [6.45, 7) is 0. The number of carboxylic acids is 4. The van der Waals surface area contributed by atoms with Crippen LogP contribution in [0.2, 0.25) is 0 Å². The maximum absolute atomic E-state index is 10.6. The Bertz CT molecular complexity index is 327. The van der Waals surface area contributed by atoms with Gasteiger partial charge in [-0.2, -0.15) is 0 Å². The molecule has 0 aliphatic rings. The van der Waals surface area contributed by atoms with E-state index >= 15 is 0 Å². The number of carbonyl (C=O) groups is 4. The van der Waals surface area contributed by atoms with Gasteiger partial charge in [-0.3, -0.25) is 19.2 Å². The summed E-state index contributed by atoms with van der Waals surface area (Å²) in [4.78, 5) is 41.9. The molecular formula is C8H13KN2O8. The van der Waals surface area contributed by atoms with Crippen LogP contribution in [0.5, 0.6) is 0 Å². The standard InChI is InChI=1S/C8H12N2O8.K.H/c11-5(12)1-3(7(15)16)9-10-4(8(17)18)2-6(13)14;;/h3-4,9-10H,1-2H2,(H,11,12)(H,13,14)(H,15,16)(H,17,18);;/t3-,4-;;/m0../s1. The van der Waals surface area contributed by atoms with E-state index in [0.717, 1.165) is 0 Å². The van der Waals surface area contributed by atoms with Gasteiger partial charge in [-0.05, 0) is 0 Å². The Balaban J connectivity index is 0. The molecule has 0 heterocycles. The van der Waals surface area contributed by atoms with Gasteiger partial charge in [-0.1, -0.05) is 0 Å². The monoisotopic (exact) mass is 304 g/mol. The second-order valence-corrected chi connectivity index (χ2v) is 3.27. The summed E-state index contributed by atoms with van der Waals surface area (Å²) in [6.07, 6.45) is -1.58. The topological polar surface area (TPSA) is 173 Å². The average molecular weight is 304 g/mol. The predicted octanol–water partition coefficient (Wildman–Crippen LogP) is -2.71. The third-order valence-electron chi connectivity index (χ3n) is 1.79. The summed E-state index contributed by atoms with van der Waals surface area (Å²) in [5.74, 6) is -5.82. The fourth-order valence-corrected chi connectivity index (χ4v) is 0.951. The van der Waals surface area contributed by atoms with E-state index in [1.165, 1.54) is 0 Å². The molecule has 11 heteroatoms. The molecule has 0 amide bonds. The van der Waals surface area contributed by atoms with Crippen LogP contribution in [0.25, 0.3) is 0 Å². The molecule has 104 valence electrons. The zero-order valence-electron chi connectivity index (χ0n) is 8.99. The molecule has 0 aromatic rings. The van der Waals surface area contributed by atoms with Crippen molar-refractivity contribution in [3.8, 4) is 0 Å². The van der Waals surface area contributed by atoms with Gasteiger partial charge in [0, 0.05) is 0 Å². The predicted molar refractivity (Wildman–Crippen MR) is 60.8 cm³/mol. The summed E-state index contributed by atoms with van der Waals surface area (Å²) in [5.41, 5.74) is 3.93. The summed E-state index contributed by atoms with van der Waals surface area (Å²) < 4.78 is 0. The third-order valence-corrected chi connectivity index (χ3v) is 1.79. The van der Waals surface area contributed by atoms with E-state index in [2.05, 4.69) is 0 Å². The van der Waals surface area contributed by atoms with Crippen molar-refractivity contribution in [2.24, 2.45) is 0 Å². The van der Waals surface area contributed by atoms with Gasteiger partial charge in [-0.15, -0.1) is 0 Å². The first-order chi connectivity index (χ1) is 8.23. The van der Waals surface area contributed by atoms with Crippen LogP contribution in [-0.4, -0.2) is 108 Å². The average Bonchev–Trinajstić information content (AvgIpc) is 2.20. The van der Waals surface area contributed by atoms with Crippen molar-refractivity contribution in [3.63, 3.8) is 0 Å². The fraction of sp³-hybridized carbons (Fsp3) is 0.500. The van der Waals surface area contributed by atoms with Crippen LogP contribution < -0.4 is 10.9 Å². The van der Waals surface area contributed by atoms with E-state index in [0.29, 0.717) is 0 Å². The summed E-state index contributed by atoms with van der Waals surface area (Å²) in [6, 6.07) is -3.14. The number of nitrogens with one attached hydrogen (secondary N) is 2. The van der Waals surface area contributed by atoms with Gasteiger partial charge in [0.25, 0.3) is 0 Å². The maximum atomic E-state index is 10.6. The minimum absolute atomic E-state index is 0. The van der Waals surface area contributed by atoms with Gasteiger partial charge < -0.3 is 20.4 Å². The van der Waals surface area contributed by atoms with Crippen LogP contribution >= 0.6 is 0 Å². The van der Waals surface area contributed by atoms with Crippen molar-refractivity contribution in [3.05, 3.63) is 0 Å². The van der Waals surface area contributed by atoms with Gasteiger partial charge in [0.05, 0.1) is 12.8 Å². The number of hydrazine groups is 1. The van der Waals surface area contributed by atoms with Crippen LogP contribution in [0.4, 0.5) is 0 Å². The van der Waals surface area contributed by atoms with E-state index in [-0.39, 0.29) is 51.4 Å². The molecule has 0 unspecified atom stereocenters. The Kier molecular flexibility index (Phi) is 11.2. The second-order valence-electron chi connectivity index (χ2n) is 3.27. The van der Waals surface area contributed by atoms with Crippen molar-refractivity contribution < 1.29 is 39.6 Å². The molecule has 0 aliphatic heterocycles. The van der Waals surface area contributed by atoms with Crippen molar-refractivity contribution in [1.82, 2.24) is 10.9 Å². The molecule has 2 atom stereocenters. The molecule has 0 radical (unpaired) electrons. The molecule has 0 rings (SSSR count). The number of carboxylic acid groups (broad SMARTS) is 4. The first-order valence-corrected chi connectivity index (χ1v) is 4.64. The zero-order valence-corrected chi connectivity index (χ0v) is 8.99. The Hall–Kier alpha value is -0.564. The van der Waals surface area contributed by atoms with Crippen molar-refractivity contribution in [1.29, 1.82) is 0 Å². The molecule has 0 spiro atoms. The molecule has 0 aromatic heterocycles. The van der Waals surface area contributed by atoms with Crippen LogP contribution in [-0.2, 0) is 19.2 Å². The number of hydrogen-bond acceptors (Lipinski definition) is 6. The van der Waals surface area contributed by atoms with Gasteiger partial charge in [0.2, 0.25) is 0 Å². The molecule has 0 aromatic carbocycles. The molecular weight excluding hydrogens is 291 g/mol. The van der Waals surface area contributed by atoms with E-state index < -0.39 is 48.8 Å². The van der Waals surface area contributed by atoms with Crippen molar-refractivity contribution in [2.45, 2.75) is 24.9 Å². The molecule has 0 bridgehead atoms. The van der Waals surface area contributed by atoms with E-state index in [9.17, 15) is 19.2 Å². The van der Waals surface area contributed by atoms with Gasteiger partial charge in [0.15, 0.2) is 0 Å². The number of aliphatic carboxylic acids is 4. The van der Waals surface area contributed by atoms with Gasteiger partial charge in [-0.25, -0.2) is 10.9 Å². The van der Waals surface area contributed by atoms with Crippen LogP contribution in [0, 0.1) is 0 Å². The molecule has 0 aliphatic carbocycles. The molecule has 19 heavy (non-hydrogen) atoms. The van der Waals surface area contributed by atoms with Gasteiger partial charge in [0.1, 0.15) is 12.1 Å². The molecule has 0 saturated carbocycles. The number of hydrogen-bond donors (Lipinski definition) is 6. The van der Waals surface area contributed by atoms with Crippen LogP contribution in [0.3, 0.4) is 0 Å². The molecule has 6 N–H and O–H groups in total. The van der Waals surface area contributed by atoms with Gasteiger partial charge >= 0.3 is 75.3 Å². The van der Waals surface area contributed by atoms with E-state index in [1.807, 2.05) is 10.9 Å². The van der Waals surface area contributed by atoms with Crippen molar-refractivity contribution in [2.75, 3.05) is 0 Å². The molecule has 0 saturated heterocycles. The SMILES string of the molecule is O=C(O)C[C@H](NN[C@@H](CC(=O)O)C(=O)O)C(=O)O.[KH]. The third kappa shape index (κ3) is 9.95. The quantitative estimate of drug-likeness (QED) is 0.194. The normalized spacial score (nSPS) is 12.8. The Morgan fingerprint density at radius 2 is 1.00 bits per heavy atom. The Morgan fingerprint density at radius 1 is 0.737 bits per heavy atom. The second kappa shape index (κ2) is 10.3. The Morgan fingerprint density at radius 3 is 1.16 bits per heavy atom. The summed E-state index contributed by atoms with van der Waals surface area (Å²) in [5, 5.41) is 34.1.